The number of hydrogen-bond acceptors (Lipinski definition) is 9. The maximum absolute atomic E-state index is 15.4. The van der Waals surface area contributed by atoms with Crippen LogP contribution in [0.15, 0.2) is 82.4 Å². The quantitative estimate of drug-likeness (QED) is 0.237. The van der Waals surface area contributed by atoms with Gasteiger partial charge in [0.25, 0.3) is 15.9 Å². The highest BCUT2D eigenvalue weighted by Crippen LogP contribution is 2.57. The van der Waals surface area contributed by atoms with Crippen molar-refractivity contribution in [3.63, 3.8) is 0 Å². The summed E-state index contributed by atoms with van der Waals surface area (Å²) in [5.74, 6) is 0.769. The third-order valence-electron chi connectivity index (χ3n) is 9.09. The van der Waals surface area contributed by atoms with Crippen LogP contribution in [-0.4, -0.2) is 63.0 Å². The zero-order chi connectivity index (χ0) is 31.3. The van der Waals surface area contributed by atoms with Gasteiger partial charge in [-0.1, -0.05) is 17.7 Å². The fraction of sp³-hybridized carbons (Fsp3) is 0.333. The van der Waals surface area contributed by atoms with Crippen LogP contribution in [0.25, 0.3) is 0 Å². The van der Waals surface area contributed by atoms with Gasteiger partial charge >= 0.3 is 0 Å². The third-order valence-corrected chi connectivity index (χ3v) is 11.0. The lowest BCUT2D eigenvalue weighted by Crippen LogP contribution is -2.54. The number of benzene rings is 3. The van der Waals surface area contributed by atoms with Gasteiger partial charge in [-0.25, -0.2) is 17.7 Å². The average molecular weight is 649 g/mol. The SMILES string of the molecule is COc1ccc(S(=O)(=O)N2C(=O)C(c3cc(CN4CCC4)ccc3OC)(N3CCC[C@H]3c3ncco3)c3cc(Cl)ccc32)cc1. The van der Waals surface area contributed by atoms with Gasteiger partial charge in [0, 0.05) is 29.2 Å². The predicted octanol–water partition coefficient (Wildman–Crippen LogP) is 5.37. The first kappa shape index (κ1) is 29.8. The molecule has 0 saturated carbocycles. The fourth-order valence-corrected chi connectivity index (χ4v) is 8.52. The van der Waals surface area contributed by atoms with Crippen molar-refractivity contribution >= 4 is 33.2 Å². The molecule has 0 N–H and O–H groups in total. The Kier molecular flexibility index (Phi) is 7.60. The molecule has 0 bridgehead atoms. The lowest BCUT2D eigenvalue weighted by Gasteiger charge is -2.41. The summed E-state index contributed by atoms with van der Waals surface area (Å²) >= 11 is 6.66. The van der Waals surface area contributed by atoms with Crippen LogP contribution in [0.4, 0.5) is 5.69 Å². The minimum absolute atomic E-state index is 0.0440. The number of nitrogens with zero attached hydrogens (tertiary/aromatic N) is 4. The van der Waals surface area contributed by atoms with E-state index in [1.165, 1.54) is 25.5 Å². The van der Waals surface area contributed by atoms with Crippen molar-refractivity contribution in [2.45, 2.75) is 42.3 Å². The maximum atomic E-state index is 15.4. The van der Waals surface area contributed by atoms with Gasteiger partial charge in [-0.15, -0.1) is 0 Å². The summed E-state index contributed by atoms with van der Waals surface area (Å²) in [7, 11) is -1.33. The van der Waals surface area contributed by atoms with E-state index in [-0.39, 0.29) is 10.6 Å². The largest absolute Gasteiger partial charge is 0.497 e. The van der Waals surface area contributed by atoms with E-state index in [0.717, 1.165) is 35.8 Å². The van der Waals surface area contributed by atoms with Crippen LogP contribution in [0.2, 0.25) is 5.02 Å². The third kappa shape index (κ3) is 4.72. The summed E-state index contributed by atoms with van der Waals surface area (Å²) in [6, 6.07) is 16.3. The molecule has 1 unspecified atom stereocenters. The number of halogens is 1. The summed E-state index contributed by atoms with van der Waals surface area (Å²) in [5, 5.41) is 0.372. The van der Waals surface area contributed by atoms with Crippen LogP contribution in [0.5, 0.6) is 11.5 Å². The molecule has 45 heavy (non-hydrogen) atoms. The first-order valence-corrected chi connectivity index (χ1v) is 16.7. The molecule has 2 atom stereocenters. The van der Waals surface area contributed by atoms with E-state index in [9.17, 15) is 8.42 Å². The second-order valence-corrected chi connectivity index (χ2v) is 13.7. The molecular formula is C33H33ClN4O6S. The average Bonchev–Trinajstić information content (AvgIpc) is 3.78. The van der Waals surface area contributed by atoms with Crippen molar-refractivity contribution in [1.82, 2.24) is 14.8 Å². The number of carbonyl (C=O) groups is 1. The lowest BCUT2D eigenvalue weighted by atomic mass is 9.80. The van der Waals surface area contributed by atoms with Gasteiger partial charge in [0.2, 0.25) is 5.89 Å². The number of rotatable bonds is 9. The molecule has 3 aliphatic rings. The van der Waals surface area contributed by atoms with E-state index in [0.29, 0.717) is 53.0 Å². The van der Waals surface area contributed by atoms with Crippen LogP contribution in [0, 0.1) is 0 Å². The summed E-state index contributed by atoms with van der Waals surface area (Å²) in [6.45, 7) is 3.16. The minimum Gasteiger partial charge on any atom is -0.497 e. The molecule has 0 spiro atoms. The number of oxazole rings is 1. The Hall–Kier alpha value is -3.90. The van der Waals surface area contributed by atoms with Crippen molar-refractivity contribution in [3.8, 4) is 11.5 Å². The van der Waals surface area contributed by atoms with Crippen molar-refractivity contribution in [2.75, 3.05) is 38.2 Å². The Morgan fingerprint density at radius 1 is 0.978 bits per heavy atom. The van der Waals surface area contributed by atoms with Crippen LogP contribution in [0.3, 0.4) is 0 Å². The molecule has 4 aromatic rings. The van der Waals surface area contributed by atoms with Crippen LogP contribution in [0.1, 0.15) is 47.9 Å². The number of amides is 1. The molecule has 0 radical (unpaired) electrons. The molecular weight excluding hydrogens is 616 g/mol. The smallest absolute Gasteiger partial charge is 0.271 e. The minimum atomic E-state index is -4.39. The number of sulfonamides is 1. The molecule has 2 saturated heterocycles. The Bertz CT molecular complexity index is 1850. The van der Waals surface area contributed by atoms with Crippen molar-refractivity contribution in [1.29, 1.82) is 0 Å². The highest BCUT2D eigenvalue weighted by molar-refractivity contribution is 7.93. The Labute approximate surface area is 267 Å². The maximum Gasteiger partial charge on any atom is 0.271 e. The fourth-order valence-electron chi connectivity index (χ4n) is 6.89. The highest BCUT2D eigenvalue weighted by atomic mass is 35.5. The predicted molar refractivity (Wildman–Crippen MR) is 168 cm³/mol. The van der Waals surface area contributed by atoms with Crippen molar-refractivity contribution < 1.29 is 27.1 Å². The van der Waals surface area contributed by atoms with Gasteiger partial charge in [0.15, 0.2) is 5.54 Å². The van der Waals surface area contributed by atoms with Crippen LogP contribution >= 0.6 is 11.6 Å². The van der Waals surface area contributed by atoms with E-state index in [1.807, 2.05) is 23.1 Å². The Morgan fingerprint density at radius 2 is 1.78 bits per heavy atom. The highest BCUT2D eigenvalue weighted by Gasteiger charge is 2.62. The number of carbonyl (C=O) groups excluding carboxylic acids is 1. The zero-order valence-electron chi connectivity index (χ0n) is 25.0. The molecule has 4 heterocycles. The molecule has 234 valence electrons. The van der Waals surface area contributed by atoms with Gasteiger partial charge in [-0.05, 0) is 92.5 Å². The molecule has 12 heteroatoms. The number of anilines is 1. The molecule has 10 nitrogen and oxygen atoms in total. The molecule has 7 rings (SSSR count). The number of methoxy groups -OCH3 is 2. The van der Waals surface area contributed by atoms with Crippen LogP contribution < -0.4 is 13.8 Å². The van der Waals surface area contributed by atoms with E-state index in [1.54, 1.807) is 43.6 Å². The lowest BCUT2D eigenvalue weighted by molar-refractivity contribution is -0.127. The number of likely N-dealkylation sites (tertiary alicyclic amines) is 2. The Morgan fingerprint density at radius 3 is 2.44 bits per heavy atom. The molecule has 0 aliphatic carbocycles. The number of ether oxygens (including phenoxy) is 2. The molecule has 3 aromatic carbocycles. The monoisotopic (exact) mass is 648 g/mol. The summed E-state index contributed by atoms with van der Waals surface area (Å²) in [5.41, 5.74) is 0.585. The van der Waals surface area contributed by atoms with Gasteiger partial charge in [-0.3, -0.25) is 14.6 Å². The topological polar surface area (TPSA) is 105 Å². The van der Waals surface area contributed by atoms with Gasteiger partial charge in [0.1, 0.15) is 17.8 Å². The van der Waals surface area contributed by atoms with Gasteiger partial charge in [-0.2, -0.15) is 0 Å². The standard InChI is InChI=1S/C33H33ClN4O6S/c1-42-24-8-10-25(11-9-24)45(40,41)38-28-12-7-23(34)20-26(28)33(32(38)39,37-17-3-5-29(37)31-35-14-18-44-31)27-19-22(6-13-30(27)43-2)21-36-15-4-16-36/h6-14,18-20,29H,3-5,15-17,21H2,1-2H3/t29-,33?/m0/s1. The molecule has 1 aromatic heterocycles. The molecule has 2 fully saturated rings. The number of hydrogen-bond donors (Lipinski definition) is 0. The van der Waals surface area contributed by atoms with Crippen molar-refractivity contribution in [3.05, 3.63) is 101 Å². The van der Waals surface area contributed by atoms with E-state index in [2.05, 4.69) is 9.88 Å². The normalized spacial score (nSPS) is 22.0. The first-order valence-electron chi connectivity index (χ1n) is 14.9. The van der Waals surface area contributed by atoms with E-state index in [4.69, 9.17) is 25.5 Å². The number of aromatic nitrogens is 1. The zero-order valence-corrected chi connectivity index (χ0v) is 26.6. The van der Waals surface area contributed by atoms with E-state index >= 15 is 4.79 Å². The van der Waals surface area contributed by atoms with Gasteiger partial charge in [0.05, 0.1) is 37.0 Å². The molecule has 3 aliphatic heterocycles. The van der Waals surface area contributed by atoms with Crippen LogP contribution in [-0.2, 0) is 26.9 Å². The Balaban J connectivity index is 1.50. The summed E-state index contributed by atoms with van der Waals surface area (Å²) in [6.07, 6.45) is 5.62. The first-order chi connectivity index (χ1) is 21.8. The van der Waals surface area contributed by atoms with Gasteiger partial charge < -0.3 is 13.9 Å². The second kappa shape index (κ2) is 11.5. The summed E-state index contributed by atoms with van der Waals surface area (Å²) in [4.78, 5) is 24.2. The number of fused-ring (bicyclic) bond motifs is 1. The molecule has 1 amide bonds. The second-order valence-electron chi connectivity index (χ2n) is 11.5. The van der Waals surface area contributed by atoms with Crippen molar-refractivity contribution in [2.24, 2.45) is 0 Å². The van der Waals surface area contributed by atoms with E-state index < -0.39 is 27.5 Å². The summed E-state index contributed by atoms with van der Waals surface area (Å²) < 4.78 is 46.9.